The number of aliphatic hydroxyl groups excluding tert-OH is 2. The second kappa shape index (κ2) is 8.07. The lowest BCUT2D eigenvalue weighted by Crippen LogP contribution is -2.32. The Morgan fingerprint density at radius 1 is 1.00 bits per heavy atom. The van der Waals surface area contributed by atoms with Crippen LogP contribution in [0.25, 0.3) is 10.9 Å². The van der Waals surface area contributed by atoms with Crippen LogP contribution < -0.4 is 9.80 Å². The van der Waals surface area contributed by atoms with E-state index in [4.69, 9.17) is 5.11 Å². The topological polar surface area (TPSA) is 85.6 Å². The van der Waals surface area contributed by atoms with Gasteiger partial charge in [0, 0.05) is 45.0 Å². The van der Waals surface area contributed by atoms with Crippen molar-refractivity contribution in [1.29, 1.82) is 0 Å². The Labute approximate surface area is 152 Å². The number of aliphatic hydroxyl groups is 2. The van der Waals surface area contributed by atoms with Gasteiger partial charge in [0.05, 0.1) is 18.2 Å². The number of hydrogen-bond donors (Lipinski definition) is 2. The maximum atomic E-state index is 9.61. The molecular formula is C19H23N5O2. The van der Waals surface area contributed by atoms with Crippen molar-refractivity contribution in [2.24, 2.45) is 0 Å². The van der Waals surface area contributed by atoms with Gasteiger partial charge in [0.15, 0.2) is 0 Å². The predicted octanol–water partition coefficient (Wildman–Crippen LogP) is 1.45. The first-order valence-electron chi connectivity index (χ1n) is 8.45. The van der Waals surface area contributed by atoms with Crippen LogP contribution in [-0.2, 0) is 6.54 Å². The molecular weight excluding hydrogens is 330 g/mol. The van der Waals surface area contributed by atoms with Gasteiger partial charge in [-0.25, -0.2) is 4.98 Å². The van der Waals surface area contributed by atoms with Gasteiger partial charge < -0.3 is 20.0 Å². The van der Waals surface area contributed by atoms with Gasteiger partial charge in [-0.15, -0.1) is 0 Å². The Kier molecular flexibility index (Phi) is 5.60. The van der Waals surface area contributed by atoms with E-state index in [-0.39, 0.29) is 6.61 Å². The molecule has 2 N–H and O–H groups in total. The number of fused-ring (bicyclic) bond motifs is 1. The average molecular weight is 353 g/mol. The van der Waals surface area contributed by atoms with E-state index in [0.29, 0.717) is 24.9 Å². The minimum atomic E-state index is -0.806. The van der Waals surface area contributed by atoms with Crippen LogP contribution >= 0.6 is 0 Å². The zero-order chi connectivity index (χ0) is 18.5. The molecule has 0 saturated carbocycles. The summed E-state index contributed by atoms with van der Waals surface area (Å²) in [5.74, 6) is 1.28. The lowest BCUT2D eigenvalue weighted by atomic mass is 10.1. The fourth-order valence-electron chi connectivity index (χ4n) is 2.83. The van der Waals surface area contributed by atoms with Crippen LogP contribution in [0.1, 0.15) is 5.56 Å². The van der Waals surface area contributed by atoms with E-state index >= 15 is 0 Å². The summed E-state index contributed by atoms with van der Waals surface area (Å²) in [6.07, 6.45) is 2.68. The van der Waals surface area contributed by atoms with E-state index in [2.05, 4.69) is 27.1 Å². The van der Waals surface area contributed by atoms with Gasteiger partial charge in [0.25, 0.3) is 0 Å². The van der Waals surface area contributed by atoms with Crippen molar-refractivity contribution in [1.82, 2.24) is 15.0 Å². The number of rotatable bonds is 7. The lowest BCUT2D eigenvalue weighted by molar-refractivity contribution is 0.101. The molecule has 7 heteroatoms. The van der Waals surface area contributed by atoms with E-state index < -0.39 is 6.10 Å². The molecule has 0 spiro atoms. The van der Waals surface area contributed by atoms with Crippen molar-refractivity contribution in [3.63, 3.8) is 0 Å². The van der Waals surface area contributed by atoms with Gasteiger partial charge in [-0.1, -0.05) is 18.2 Å². The van der Waals surface area contributed by atoms with Gasteiger partial charge in [0.2, 0.25) is 5.95 Å². The summed E-state index contributed by atoms with van der Waals surface area (Å²) in [6.45, 7) is 0.665. The fourth-order valence-corrected chi connectivity index (χ4v) is 2.83. The normalized spacial score (nSPS) is 12.2. The van der Waals surface area contributed by atoms with Gasteiger partial charge in [-0.3, -0.25) is 4.98 Å². The highest BCUT2D eigenvalue weighted by molar-refractivity contribution is 5.82. The second-order valence-electron chi connectivity index (χ2n) is 6.28. The summed E-state index contributed by atoms with van der Waals surface area (Å²) in [5, 5.41) is 19.7. The Balaban J connectivity index is 1.79. The van der Waals surface area contributed by atoms with Gasteiger partial charge >= 0.3 is 0 Å². The summed E-state index contributed by atoms with van der Waals surface area (Å²) in [7, 11) is 3.76. The first kappa shape index (κ1) is 18.0. The highest BCUT2D eigenvalue weighted by Crippen LogP contribution is 2.20. The number of aromatic nitrogens is 3. The third-order valence-electron chi connectivity index (χ3n) is 4.20. The monoisotopic (exact) mass is 353 g/mol. The summed E-state index contributed by atoms with van der Waals surface area (Å²) >= 11 is 0. The Bertz CT molecular complexity index is 868. The molecule has 3 rings (SSSR count). The highest BCUT2D eigenvalue weighted by Gasteiger charge is 2.12. The Morgan fingerprint density at radius 3 is 2.65 bits per heavy atom. The molecule has 26 heavy (non-hydrogen) atoms. The van der Waals surface area contributed by atoms with Crippen molar-refractivity contribution >= 4 is 22.7 Å². The lowest BCUT2D eigenvalue weighted by Gasteiger charge is -2.23. The zero-order valence-corrected chi connectivity index (χ0v) is 14.9. The Hall–Kier alpha value is -2.77. The van der Waals surface area contributed by atoms with E-state index in [1.807, 2.05) is 37.2 Å². The van der Waals surface area contributed by atoms with Crippen LogP contribution in [0.2, 0.25) is 0 Å². The SMILES string of the molecule is CN(C[C@@H](O)CO)c1ccnc(N(C)Cc2cccc3ncccc23)n1. The number of benzene rings is 1. The summed E-state index contributed by atoms with van der Waals surface area (Å²) in [6, 6.07) is 11.9. The molecule has 0 saturated heterocycles. The molecule has 136 valence electrons. The fraction of sp³-hybridized carbons (Fsp3) is 0.316. The van der Waals surface area contributed by atoms with Crippen LogP contribution in [0.3, 0.4) is 0 Å². The van der Waals surface area contributed by atoms with Crippen LogP contribution in [0.4, 0.5) is 11.8 Å². The molecule has 1 atom stereocenters. The quantitative estimate of drug-likeness (QED) is 0.665. The summed E-state index contributed by atoms with van der Waals surface area (Å²) in [4.78, 5) is 17.1. The number of anilines is 2. The maximum Gasteiger partial charge on any atom is 0.227 e. The first-order chi connectivity index (χ1) is 12.6. The zero-order valence-electron chi connectivity index (χ0n) is 14.9. The van der Waals surface area contributed by atoms with Gasteiger partial charge in [-0.05, 0) is 23.8 Å². The van der Waals surface area contributed by atoms with Crippen LogP contribution in [0.15, 0.2) is 48.8 Å². The molecule has 0 fully saturated rings. The molecule has 0 aliphatic heterocycles. The molecule has 0 unspecified atom stereocenters. The van der Waals surface area contributed by atoms with Crippen molar-refractivity contribution in [3.8, 4) is 0 Å². The third-order valence-corrected chi connectivity index (χ3v) is 4.20. The molecule has 3 aromatic rings. The van der Waals surface area contributed by atoms with E-state index in [0.717, 1.165) is 16.5 Å². The molecule has 0 aliphatic rings. The van der Waals surface area contributed by atoms with Crippen molar-refractivity contribution < 1.29 is 10.2 Å². The highest BCUT2D eigenvalue weighted by atomic mass is 16.3. The van der Waals surface area contributed by atoms with E-state index in [1.165, 1.54) is 0 Å². The summed E-state index contributed by atoms with van der Waals surface area (Å²) in [5.41, 5.74) is 2.11. The Morgan fingerprint density at radius 2 is 1.85 bits per heavy atom. The molecule has 0 amide bonds. The smallest absolute Gasteiger partial charge is 0.227 e. The predicted molar refractivity (Wildman–Crippen MR) is 102 cm³/mol. The molecule has 2 aromatic heterocycles. The number of nitrogens with zero attached hydrogens (tertiary/aromatic N) is 5. The van der Waals surface area contributed by atoms with Crippen molar-refractivity contribution in [3.05, 3.63) is 54.4 Å². The number of likely N-dealkylation sites (N-methyl/N-ethyl adjacent to an activating group) is 1. The first-order valence-corrected chi connectivity index (χ1v) is 8.45. The molecule has 1 aromatic carbocycles. The van der Waals surface area contributed by atoms with Gasteiger partial charge in [-0.2, -0.15) is 4.98 Å². The third kappa shape index (κ3) is 4.07. The molecule has 0 bridgehead atoms. The van der Waals surface area contributed by atoms with Crippen LogP contribution in [0.5, 0.6) is 0 Å². The van der Waals surface area contributed by atoms with E-state index in [1.54, 1.807) is 23.4 Å². The number of hydrogen-bond acceptors (Lipinski definition) is 7. The largest absolute Gasteiger partial charge is 0.394 e. The minimum Gasteiger partial charge on any atom is -0.394 e. The van der Waals surface area contributed by atoms with Crippen LogP contribution in [-0.4, -0.2) is 58.5 Å². The van der Waals surface area contributed by atoms with Crippen molar-refractivity contribution in [2.75, 3.05) is 37.0 Å². The standard InChI is InChI=1S/C19H23N5O2/c1-23(12-15(26)13-25)18-8-10-21-19(22-18)24(2)11-14-5-3-7-17-16(14)6-4-9-20-17/h3-10,15,25-26H,11-13H2,1-2H3/t15-/m1/s1. The summed E-state index contributed by atoms with van der Waals surface area (Å²) < 4.78 is 0. The maximum absolute atomic E-state index is 9.61. The van der Waals surface area contributed by atoms with Crippen molar-refractivity contribution in [2.45, 2.75) is 12.6 Å². The molecule has 0 radical (unpaired) electrons. The second-order valence-corrected chi connectivity index (χ2v) is 6.28. The molecule has 7 nitrogen and oxygen atoms in total. The molecule has 2 heterocycles. The minimum absolute atomic E-state index is 0.280. The molecule has 0 aliphatic carbocycles. The van der Waals surface area contributed by atoms with E-state index in [9.17, 15) is 5.11 Å². The number of pyridine rings is 1. The average Bonchev–Trinajstić information content (AvgIpc) is 2.68. The van der Waals surface area contributed by atoms with Crippen LogP contribution in [0, 0.1) is 0 Å². The van der Waals surface area contributed by atoms with Gasteiger partial charge in [0.1, 0.15) is 5.82 Å².